The highest BCUT2D eigenvalue weighted by atomic mass is 16.1. The number of hydrogen-bond acceptors (Lipinski definition) is 3. The van der Waals surface area contributed by atoms with Gasteiger partial charge in [0.2, 0.25) is 5.91 Å². The van der Waals surface area contributed by atoms with Crippen molar-refractivity contribution in [1.82, 2.24) is 10.2 Å². The number of primary amides is 1. The highest BCUT2D eigenvalue weighted by Crippen LogP contribution is 2.31. The summed E-state index contributed by atoms with van der Waals surface area (Å²) in [6, 6.07) is 6.20. The minimum Gasteiger partial charge on any atom is -0.368 e. The van der Waals surface area contributed by atoms with Crippen molar-refractivity contribution < 1.29 is 4.79 Å². The third kappa shape index (κ3) is 2.51. The van der Waals surface area contributed by atoms with Crippen LogP contribution < -0.4 is 11.1 Å². The Bertz CT molecular complexity index is 480. The zero-order valence-corrected chi connectivity index (χ0v) is 12.0. The fourth-order valence-electron chi connectivity index (χ4n) is 2.93. The van der Waals surface area contributed by atoms with E-state index in [1.54, 1.807) is 0 Å². The van der Waals surface area contributed by atoms with Crippen LogP contribution in [0.2, 0.25) is 0 Å². The van der Waals surface area contributed by atoms with Crippen LogP contribution in [0.4, 0.5) is 0 Å². The normalized spacial score (nSPS) is 19.9. The van der Waals surface area contributed by atoms with Gasteiger partial charge in [-0.2, -0.15) is 0 Å². The highest BCUT2D eigenvalue weighted by molar-refractivity contribution is 5.86. The molecule has 0 aliphatic carbocycles. The lowest BCUT2D eigenvalue weighted by Gasteiger charge is -2.42. The van der Waals surface area contributed by atoms with E-state index in [4.69, 9.17) is 5.73 Å². The van der Waals surface area contributed by atoms with Gasteiger partial charge in [0.1, 0.15) is 5.54 Å². The summed E-state index contributed by atoms with van der Waals surface area (Å²) in [4.78, 5) is 14.3. The Labute approximate surface area is 115 Å². The maximum atomic E-state index is 12.1. The summed E-state index contributed by atoms with van der Waals surface area (Å²) in [6.07, 6.45) is 0. The molecule has 0 bridgehead atoms. The average molecular weight is 261 g/mol. The molecule has 104 valence electrons. The predicted octanol–water partition coefficient (Wildman–Crippen LogP) is 0.909. The van der Waals surface area contributed by atoms with Gasteiger partial charge in [-0.25, -0.2) is 0 Å². The first-order valence-electron chi connectivity index (χ1n) is 6.79. The lowest BCUT2D eigenvalue weighted by molar-refractivity contribution is -0.130. The van der Waals surface area contributed by atoms with Gasteiger partial charge in [0.25, 0.3) is 0 Å². The molecule has 1 amide bonds. The third-order valence-corrected chi connectivity index (χ3v) is 4.14. The Hall–Kier alpha value is -1.39. The molecule has 0 aromatic heterocycles. The second-order valence-electron chi connectivity index (χ2n) is 5.49. The lowest BCUT2D eigenvalue weighted by atomic mass is 9.85. The molecule has 3 N–H and O–H groups in total. The van der Waals surface area contributed by atoms with Crippen LogP contribution in [-0.4, -0.2) is 37.0 Å². The average Bonchev–Trinajstić information content (AvgIpc) is 2.38. The molecule has 0 spiro atoms. The van der Waals surface area contributed by atoms with Crippen molar-refractivity contribution >= 4 is 5.91 Å². The standard InChI is InChI=1S/C15H23N3O/c1-11-4-5-13(12(2)10-11)15(3,14(16)19)18-8-6-17-7-9-18/h4-5,10,17H,6-9H2,1-3H3,(H2,16,19). The van der Waals surface area contributed by atoms with Crippen LogP contribution in [0.15, 0.2) is 18.2 Å². The number of amides is 1. The van der Waals surface area contributed by atoms with Crippen LogP contribution in [0.5, 0.6) is 0 Å². The summed E-state index contributed by atoms with van der Waals surface area (Å²) in [5.74, 6) is -0.277. The molecular formula is C15H23N3O. The molecule has 0 radical (unpaired) electrons. The van der Waals surface area contributed by atoms with Crippen LogP contribution in [-0.2, 0) is 10.3 Å². The maximum absolute atomic E-state index is 12.1. The largest absolute Gasteiger partial charge is 0.368 e. The van der Waals surface area contributed by atoms with Crippen molar-refractivity contribution in [2.24, 2.45) is 5.73 Å². The van der Waals surface area contributed by atoms with Gasteiger partial charge in [-0.15, -0.1) is 0 Å². The van der Waals surface area contributed by atoms with Gasteiger partial charge in [0, 0.05) is 26.2 Å². The first kappa shape index (κ1) is 14.0. The zero-order valence-electron chi connectivity index (χ0n) is 12.0. The van der Waals surface area contributed by atoms with Crippen LogP contribution >= 0.6 is 0 Å². The molecule has 1 aliphatic rings. The number of piperazine rings is 1. The van der Waals surface area contributed by atoms with Crippen LogP contribution in [0.25, 0.3) is 0 Å². The molecule has 1 atom stereocenters. The van der Waals surface area contributed by atoms with Gasteiger partial charge < -0.3 is 11.1 Å². The van der Waals surface area contributed by atoms with Gasteiger partial charge in [-0.1, -0.05) is 23.8 Å². The Morgan fingerprint density at radius 1 is 1.32 bits per heavy atom. The summed E-state index contributed by atoms with van der Waals surface area (Å²) in [7, 11) is 0. The van der Waals surface area contributed by atoms with Gasteiger partial charge in [-0.05, 0) is 31.9 Å². The van der Waals surface area contributed by atoms with Crippen molar-refractivity contribution in [2.45, 2.75) is 26.3 Å². The molecule has 0 saturated carbocycles. The van der Waals surface area contributed by atoms with E-state index >= 15 is 0 Å². The third-order valence-electron chi connectivity index (χ3n) is 4.14. The van der Waals surface area contributed by atoms with Gasteiger partial charge >= 0.3 is 0 Å². The molecule has 1 heterocycles. The molecule has 1 aliphatic heterocycles. The molecule has 2 rings (SSSR count). The van der Waals surface area contributed by atoms with Crippen molar-refractivity contribution in [3.63, 3.8) is 0 Å². The minimum atomic E-state index is -0.722. The Morgan fingerprint density at radius 2 is 1.95 bits per heavy atom. The number of hydrogen-bond donors (Lipinski definition) is 2. The first-order valence-corrected chi connectivity index (χ1v) is 6.79. The topological polar surface area (TPSA) is 58.4 Å². The molecular weight excluding hydrogens is 238 g/mol. The predicted molar refractivity (Wildman–Crippen MR) is 76.9 cm³/mol. The minimum absolute atomic E-state index is 0.277. The van der Waals surface area contributed by atoms with Gasteiger partial charge in [0.05, 0.1) is 0 Å². The molecule has 1 fully saturated rings. The SMILES string of the molecule is Cc1ccc(C(C)(C(N)=O)N2CCNCC2)c(C)c1. The van der Waals surface area contributed by atoms with Crippen LogP contribution in [0, 0.1) is 13.8 Å². The number of carbonyl (C=O) groups excluding carboxylic acids is 1. The Morgan fingerprint density at radius 3 is 2.47 bits per heavy atom. The van der Waals surface area contributed by atoms with Gasteiger partial charge in [0.15, 0.2) is 0 Å². The van der Waals surface area contributed by atoms with Gasteiger partial charge in [-0.3, -0.25) is 9.69 Å². The summed E-state index contributed by atoms with van der Waals surface area (Å²) in [6.45, 7) is 9.52. The van der Waals surface area contributed by atoms with E-state index in [2.05, 4.69) is 23.2 Å². The van der Waals surface area contributed by atoms with Crippen molar-refractivity contribution in [3.8, 4) is 0 Å². The molecule has 19 heavy (non-hydrogen) atoms. The lowest BCUT2D eigenvalue weighted by Crippen LogP contribution is -2.58. The highest BCUT2D eigenvalue weighted by Gasteiger charge is 2.40. The number of aryl methyl sites for hydroxylation is 2. The smallest absolute Gasteiger partial charge is 0.242 e. The van der Waals surface area contributed by atoms with Crippen molar-refractivity contribution in [3.05, 3.63) is 34.9 Å². The van der Waals surface area contributed by atoms with E-state index in [0.717, 1.165) is 37.3 Å². The fourth-order valence-corrected chi connectivity index (χ4v) is 2.93. The van der Waals surface area contributed by atoms with E-state index in [1.807, 2.05) is 26.0 Å². The molecule has 1 aromatic carbocycles. The molecule has 1 saturated heterocycles. The molecule has 1 aromatic rings. The fraction of sp³-hybridized carbons (Fsp3) is 0.533. The van der Waals surface area contributed by atoms with E-state index < -0.39 is 5.54 Å². The van der Waals surface area contributed by atoms with Crippen LogP contribution in [0.1, 0.15) is 23.6 Å². The Balaban J connectivity index is 2.46. The van der Waals surface area contributed by atoms with E-state index in [-0.39, 0.29) is 5.91 Å². The summed E-state index contributed by atoms with van der Waals surface area (Å²) in [5.41, 5.74) is 8.37. The second kappa shape index (κ2) is 5.31. The van der Waals surface area contributed by atoms with E-state index in [9.17, 15) is 4.79 Å². The maximum Gasteiger partial charge on any atom is 0.242 e. The number of nitrogens with one attached hydrogen (secondary N) is 1. The van der Waals surface area contributed by atoms with Crippen molar-refractivity contribution in [1.29, 1.82) is 0 Å². The summed E-state index contributed by atoms with van der Waals surface area (Å²) >= 11 is 0. The number of benzene rings is 1. The second-order valence-corrected chi connectivity index (χ2v) is 5.49. The number of nitrogens with two attached hydrogens (primary N) is 1. The number of rotatable bonds is 3. The Kier molecular flexibility index (Phi) is 3.92. The molecule has 4 nitrogen and oxygen atoms in total. The number of nitrogens with zero attached hydrogens (tertiary/aromatic N) is 1. The number of carbonyl (C=O) groups is 1. The van der Waals surface area contributed by atoms with E-state index in [1.165, 1.54) is 5.56 Å². The summed E-state index contributed by atoms with van der Waals surface area (Å²) in [5, 5.41) is 3.31. The summed E-state index contributed by atoms with van der Waals surface area (Å²) < 4.78 is 0. The molecule has 4 heteroatoms. The monoisotopic (exact) mass is 261 g/mol. The van der Waals surface area contributed by atoms with Crippen LogP contribution in [0.3, 0.4) is 0 Å². The first-order chi connectivity index (χ1) is 8.96. The van der Waals surface area contributed by atoms with E-state index in [0.29, 0.717) is 0 Å². The quantitative estimate of drug-likeness (QED) is 0.850. The molecule has 1 unspecified atom stereocenters. The van der Waals surface area contributed by atoms with Crippen molar-refractivity contribution in [2.75, 3.05) is 26.2 Å². The zero-order chi connectivity index (χ0) is 14.0.